The van der Waals surface area contributed by atoms with Crippen molar-refractivity contribution in [2.45, 2.75) is 26.1 Å². The van der Waals surface area contributed by atoms with E-state index in [2.05, 4.69) is 5.16 Å². The summed E-state index contributed by atoms with van der Waals surface area (Å²) in [5.41, 5.74) is -0.164. The summed E-state index contributed by atoms with van der Waals surface area (Å²) in [6.45, 7) is 1.68. The average Bonchev–Trinajstić information content (AvgIpc) is 2.58. The summed E-state index contributed by atoms with van der Waals surface area (Å²) in [6, 6.07) is 8.19. The van der Waals surface area contributed by atoms with Gasteiger partial charge in [-0.05, 0) is 36.8 Å². The van der Waals surface area contributed by atoms with Gasteiger partial charge in [0.25, 0.3) is 0 Å². The van der Waals surface area contributed by atoms with Gasteiger partial charge >= 0.3 is 16.7 Å². The quantitative estimate of drug-likeness (QED) is 0.378. The minimum Gasteiger partial charge on any atom is -0.391 e. The van der Waals surface area contributed by atoms with Crippen LogP contribution in [-0.4, -0.2) is 14.1 Å². The molecule has 2 aromatic carbocycles. The molecule has 0 amide bonds. The fraction of sp³-hybridized carbons (Fsp3) is 0.235. The van der Waals surface area contributed by atoms with Gasteiger partial charge < -0.3 is 4.84 Å². The smallest absolute Gasteiger partial charge is 0.391 e. The Morgan fingerprint density at radius 3 is 2.17 bits per heavy atom. The van der Waals surface area contributed by atoms with Gasteiger partial charge in [0.1, 0.15) is 6.61 Å². The number of hydrogen-bond acceptors (Lipinski definition) is 5. The molecular formula is C17H14Cl3F3N2O3S. The van der Waals surface area contributed by atoms with E-state index >= 15 is 0 Å². The molecule has 0 aliphatic carbocycles. The van der Waals surface area contributed by atoms with Crippen molar-refractivity contribution in [1.82, 2.24) is 0 Å². The van der Waals surface area contributed by atoms with Gasteiger partial charge in [0, 0.05) is 26.2 Å². The minimum atomic E-state index is -4.52. The normalized spacial score (nSPS) is 11.5. The number of alkyl halides is 3. The summed E-state index contributed by atoms with van der Waals surface area (Å²) >= 11 is 17.7. The molecule has 0 saturated heterocycles. The Balaban J connectivity index is 0.000000960. The predicted molar refractivity (Wildman–Crippen MR) is 106 cm³/mol. The second-order valence-electron chi connectivity index (χ2n) is 5.32. The van der Waals surface area contributed by atoms with Crippen molar-refractivity contribution in [2.75, 3.05) is 0 Å². The van der Waals surface area contributed by atoms with Crippen LogP contribution in [0.5, 0.6) is 0 Å². The van der Waals surface area contributed by atoms with Crippen LogP contribution in [0.4, 0.5) is 13.2 Å². The molecule has 12 heteroatoms. The molecular weight excluding hydrogens is 476 g/mol. The Kier molecular flexibility index (Phi) is 9.91. The van der Waals surface area contributed by atoms with Crippen molar-refractivity contribution in [2.24, 2.45) is 5.16 Å². The zero-order valence-electron chi connectivity index (χ0n) is 14.7. The number of oxime groups is 1. The first-order valence-electron chi connectivity index (χ1n) is 7.76. The Hall–Kier alpha value is -1.81. The number of nitrogens with one attached hydrogen (secondary N) is 1. The standard InChI is InChI=1S/C17H13Cl3F3NO.HNO2S/c1-2-16(13-7-11(18)5-6-14(13)17(21,22)23)24-25-9-10-3-4-12(19)8-15(10)20;1-4(2)3/h3-8H,2,9H2,1H3;1H/b24-16+;. The third-order valence-electron chi connectivity index (χ3n) is 3.34. The molecule has 29 heavy (non-hydrogen) atoms. The lowest BCUT2D eigenvalue weighted by Crippen LogP contribution is -2.13. The van der Waals surface area contributed by atoms with Crippen molar-refractivity contribution in [1.29, 1.82) is 4.78 Å². The van der Waals surface area contributed by atoms with Crippen LogP contribution in [0, 0.1) is 4.78 Å². The Bertz CT molecular complexity index is 991. The summed E-state index contributed by atoms with van der Waals surface area (Å²) in [4.78, 5) is 5.21. The molecule has 0 bridgehead atoms. The lowest BCUT2D eigenvalue weighted by Gasteiger charge is -2.14. The Morgan fingerprint density at radius 1 is 1.10 bits per heavy atom. The maximum absolute atomic E-state index is 13.2. The zero-order valence-corrected chi connectivity index (χ0v) is 17.8. The molecule has 0 unspecified atom stereocenters. The number of rotatable bonds is 5. The highest BCUT2D eigenvalue weighted by molar-refractivity contribution is 7.60. The van der Waals surface area contributed by atoms with E-state index in [0.29, 0.717) is 15.6 Å². The SMILES string of the molecule is CC/C(=N\OCc1ccc(Cl)cc1Cl)c1cc(Cl)ccc1C(F)(F)F.N=S(=O)=O. The fourth-order valence-electron chi connectivity index (χ4n) is 2.13. The second kappa shape index (κ2) is 11.4. The van der Waals surface area contributed by atoms with Crippen molar-refractivity contribution in [3.8, 4) is 0 Å². The van der Waals surface area contributed by atoms with E-state index in [4.69, 9.17) is 52.8 Å². The largest absolute Gasteiger partial charge is 0.417 e. The summed E-state index contributed by atoms with van der Waals surface area (Å²) in [5, 5.41) is 4.90. The third kappa shape index (κ3) is 8.61. The average molecular weight is 490 g/mol. The zero-order chi connectivity index (χ0) is 22.2. The van der Waals surface area contributed by atoms with E-state index in [-0.39, 0.29) is 29.3 Å². The molecule has 0 spiro atoms. The van der Waals surface area contributed by atoms with E-state index in [1.807, 2.05) is 0 Å². The van der Waals surface area contributed by atoms with E-state index in [1.54, 1.807) is 25.1 Å². The number of benzene rings is 2. The van der Waals surface area contributed by atoms with Gasteiger partial charge in [-0.1, -0.05) is 52.9 Å². The van der Waals surface area contributed by atoms with Gasteiger partial charge in [-0.25, -0.2) is 0 Å². The lowest BCUT2D eigenvalue weighted by atomic mass is 10.0. The molecule has 0 radical (unpaired) electrons. The first-order chi connectivity index (χ1) is 13.5. The van der Waals surface area contributed by atoms with Crippen LogP contribution in [0.15, 0.2) is 41.6 Å². The van der Waals surface area contributed by atoms with Crippen molar-refractivity contribution in [3.63, 3.8) is 0 Å². The molecule has 1 N–H and O–H groups in total. The molecule has 2 rings (SSSR count). The van der Waals surface area contributed by atoms with Crippen LogP contribution in [0.25, 0.3) is 0 Å². The van der Waals surface area contributed by atoms with Gasteiger partial charge in [0.2, 0.25) is 0 Å². The third-order valence-corrected chi connectivity index (χ3v) is 4.16. The van der Waals surface area contributed by atoms with Gasteiger partial charge in [-0.2, -0.15) is 26.4 Å². The van der Waals surface area contributed by atoms with Gasteiger partial charge in [-0.3, -0.25) is 0 Å². The van der Waals surface area contributed by atoms with E-state index in [0.717, 1.165) is 6.07 Å². The summed E-state index contributed by atoms with van der Waals surface area (Å²) in [7, 11) is -2.61. The molecule has 158 valence electrons. The van der Waals surface area contributed by atoms with Gasteiger partial charge in [-0.15, -0.1) is 0 Å². The molecule has 0 atom stereocenters. The van der Waals surface area contributed by atoms with Gasteiger partial charge in [0.05, 0.1) is 11.3 Å². The topological polar surface area (TPSA) is 79.6 Å². The second-order valence-corrected chi connectivity index (χ2v) is 7.07. The van der Waals surface area contributed by atoms with E-state index in [9.17, 15) is 13.2 Å². The van der Waals surface area contributed by atoms with Crippen molar-refractivity contribution < 1.29 is 26.4 Å². The maximum atomic E-state index is 13.2. The van der Waals surface area contributed by atoms with Crippen LogP contribution in [0.3, 0.4) is 0 Å². The molecule has 2 aromatic rings. The number of nitrogens with zero attached hydrogens (tertiary/aromatic N) is 1. The molecule has 0 aromatic heterocycles. The number of hydrogen-bond donors (Lipinski definition) is 1. The van der Waals surface area contributed by atoms with Crippen molar-refractivity contribution >= 4 is 51.0 Å². The molecule has 0 heterocycles. The monoisotopic (exact) mass is 488 g/mol. The van der Waals surface area contributed by atoms with Gasteiger partial charge in [0.15, 0.2) is 0 Å². The highest BCUT2D eigenvalue weighted by Gasteiger charge is 2.34. The van der Waals surface area contributed by atoms with Crippen LogP contribution < -0.4 is 0 Å². The lowest BCUT2D eigenvalue weighted by molar-refractivity contribution is -0.137. The maximum Gasteiger partial charge on any atom is 0.417 e. The Morgan fingerprint density at radius 2 is 1.66 bits per heavy atom. The summed E-state index contributed by atoms with van der Waals surface area (Å²) in [5.74, 6) is 0. The molecule has 0 aliphatic rings. The molecule has 5 nitrogen and oxygen atoms in total. The highest BCUT2D eigenvalue weighted by Crippen LogP contribution is 2.34. The summed E-state index contributed by atoms with van der Waals surface area (Å²) < 4.78 is 62.4. The van der Waals surface area contributed by atoms with Crippen LogP contribution >= 0.6 is 34.8 Å². The highest BCUT2D eigenvalue weighted by atomic mass is 35.5. The minimum absolute atomic E-state index is 0.00141. The predicted octanol–water partition coefficient (Wildman–Crippen LogP) is 6.62. The van der Waals surface area contributed by atoms with E-state index < -0.39 is 22.2 Å². The van der Waals surface area contributed by atoms with Crippen LogP contribution in [0.2, 0.25) is 15.1 Å². The first kappa shape index (κ1) is 25.2. The van der Waals surface area contributed by atoms with E-state index in [1.165, 1.54) is 12.1 Å². The summed E-state index contributed by atoms with van der Waals surface area (Å²) in [6.07, 6.45) is -4.28. The first-order valence-corrected chi connectivity index (χ1v) is 9.97. The molecule has 0 aliphatic heterocycles. The number of halogens is 6. The van der Waals surface area contributed by atoms with Crippen LogP contribution in [0.1, 0.15) is 30.0 Å². The van der Waals surface area contributed by atoms with Crippen molar-refractivity contribution in [3.05, 3.63) is 68.2 Å². The van der Waals surface area contributed by atoms with Crippen LogP contribution in [-0.2, 0) is 28.1 Å². The molecule has 0 saturated carbocycles. The Labute approximate surface area is 181 Å². The fourth-order valence-corrected chi connectivity index (χ4v) is 2.76. The molecule has 0 fully saturated rings.